The lowest BCUT2D eigenvalue weighted by Gasteiger charge is -2.25. The average molecular weight is 379 g/mol. The number of nitrogens with one attached hydrogen (secondary N) is 2. The van der Waals surface area contributed by atoms with E-state index in [1.54, 1.807) is 14.2 Å². The Hall–Kier alpha value is -2.99. The van der Waals surface area contributed by atoms with Gasteiger partial charge in [-0.1, -0.05) is 30.3 Å². The summed E-state index contributed by atoms with van der Waals surface area (Å²) in [6.45, 7) is 0.775. The van der Waals surface area contributed by atoms with E-state index in [1.165, 1.54) is 16.8 Å². The number of fused-ring (bicyclic) bond motifs is 3. The van der Waals surface area contributed by atoms with Crippen molar-refractivity contribution in [1.29, 1.82) is 0 Å². The first-order chi connectivity index (χ1) is 13.8. The quantitative estimate of drug-likeness (QED) is 0.488. The third-order valence-corrected chi connectivity index (χ3v) is 5.46. The molecule has 6 nitrogen and oxygen atoms in total. The second kappa shape index (κ2) is 7.94. The molecule has 0 bridgehead atoms. The van der Waals surface area contributed by atoms with Crippen molar-refractivity contribution >= 4 is 17.3 Å². The maximum absolute atomic E-state index is 10.9. The van der Waals surface area contributed by atoms with Crippen molar-refractivity contribution in [1.82, 2.24) is 15.4 Å². The van der Waals surface area contributed by atoms with Gasteiger partial charge in [-0.15, -0.1) is 0 Å². The van der Waals surface area contributed by atoms with Crippen LogP contribution in [0, 0.1) is 0 Å². The van der Waals surface area contributed by atoms with Crippen molar-refractivity contribution in [2.45, 2.75) is 31.8 Å². The molecule has 3 aromatic rings. The number of carbonyl (C=O) groups is 1. The number of ether oxygens (including phenoxy) is 2. The number of amides is 1. The largest absolute Gasteiger partial charge is 0.497 e. The van der Waals surface area contributed by atoms with E-state index in [0.717, 1.165) is 48.2 Å². The van der Waals surface area contributed by atoms with E-state index >= 15 is 0 Å². The lowest BCUT2D eigenvalue weighted by molar-refractivity contribution is -0.110. The van der Waals surface area contributed by atoms with Gasteiger partial charge in [-0.3, -0.25) is 10.2 Å². The van der Waals surface area contributed by atoms with E-state index in [-0.39, 0.29) is 6.04 Å². The minimum atomic E-state index is 0.0377. The van der Waals surface area contributed by atoms with Crippen LogP contribution in [0.15, 0.2) is 42.5 Å². The van der Waals surface area contributed by atoms with Crippen LogP contribution in [0.2, 0.25) is 0 Å². The number of hydrogen-bond donors (Lipinski definition) is 2. The Bertz CT molecular complexity index is 982. The van der Waals surface area contributed by atoms with Gasteiger partial charge < -0.3 is 14.0 Å². The van der Waals surface area contributed by atoms with Gasteiger partial charge in [0.2, 0.25) is 6.41 Å². The van der Waals surface area contributed by atoms with Crippen LogP contribution < -0.4 is 20.3 Å². The van der Waals surface area contributed by atoms with Crippen LogP contribution in [0.1, 0.15) is 35.7 Å². The molecule has 1 amide bonds. The molecule has 1 aliphatic carbocycles. The Labute approximate surface area is 164 Å². The molecule has 1 aromatic heterocycles. The Morgan fingerprint density at radius 1 is 1.18 bits per heavy atom. The van der Waals surface area contributed by atoms with E-state index in [0.29, 0.717) is 6.41 Å². The molecule has 2 N–H and O–H groups in total. The maximum atomic E-state index is 10.9. The van der Waals surface area contributed by atoms with Crippen LogP contribution in [-0.4, -0.2) is 25.2 Å². The highest BCUT2D eigenvalue weighted by molar-refractivity contribution is 5.93. The van der Waals surface area contributed by atoms with Crippen LogP contribution in [0.3, 0.4) is 0 Å². The van der Waals surface area contributed by atoms with E-state index < -0.39 is 0 Å². The summed E-state index contributed by atoms with van der Waals surface area (Å²) in [5, 5.41) is 1.08. The summed E-state index contributed by atoms with van der Waals surface area (Å²) in [6, 6.07) is 14.5. The second-order valence-corrected chi connectivity index (χ2v) is 7.01. The highest BCUT2D eigenvalue weighted by atomic mass is 16.5. The van der Waals surface area contributed by atoms with Gasteiger partial charge in [-0.25, -0.2) is 5.43 Å². The highest BCUT2D eigenvalue weighted by Crippen LogP contribution is 2.43. The Morgan fingerprint density at radius 3 is 2.71 bits per heavy atom. The van der Waals surface area contributed by atoms with Gasteiger partial charge in [-0.2, -0.15) is 0 Å². The van der Waals surface area contributed by atoms with Gasteiger partial charge in [0, 0.05) is 35.3 Å². The molecule has 0 radical (unpaired) electrons. The summed E-state index contributed by atoms with van der Waals surface area (Å²) in [5.74, 6) is 1.56. The third kappa shape index (κ3) is 3.20. The first-order valence-corrected chi connectivity index (χ1v) is 9.52. The van der Waals surface area contributed by atoms with Crippen LogP contribution in [-0.2, 0) is 17.8 Å². The Morgan fingerprint density at radius 2 is 2.00 bits per heavy atom. The Balaban J connectivity index is 1.95. The van der Waals surface area contributed by atoms with Crippen molar-refractivity contribution in [3.05, 3.63) is 59.3 Å². The third-order valence-electron chi connectivity index (χ3n) is 5.46. The smallest absolute Gasteiger partial charge is 0.221 e. The summed E-state index contributed by atoms with van der Waals surface area (Å²) in [6.07, 6.45) is 3.67. The van der Waals surface area contributed by atoms with Gasteiger partial charge in [-0.05, 0) is 24.8 Å². The SMILES string of the molecule is COc1cc(OC)c2c3c(n(Cc4ccccc4)c2c1)CCCC3NNC=O. The number of aromatic nitrogens is 1. The summed E-state index contributed by atoms with van der Waals surface area (Å²) in [4.78, 5) is 10.9. The molecule has 4 rings (SSSR count). The number of nitrogens with zero attached hydrogens (tertiary/aromatic N) is 1. The Kier molecular flexibility index (Phi) is 5.21. The molecule has 0 aliphatic heterocycles. The molecule has 1 heterocycles. The number of methoxy groups -OCH3 is 2. The number of hydrazine groups is 1. The topological polar surface area (TPSA) is 64.5 Å². The van der Waals surface area contributed by atoms with Crippen LogP contribution >= 0.6 is 0 Å². The molecule has 1 atom stereocenters. The van der Waals surface area contributed by atoms with Crippen molar-refractivity contribution < 1.29 is 14.3 Å². The average Bonchev–Trinajstić information content (AvgIpc) is 3.06. The fourth-order valence-corrected chi connectivity index (χ4v) is 4.26. The van der Waals surface area contributed by atoms with E-state index in [9.17, 15) is 4.79 Å². The number of hydrogen-bond acceptors (Lipinski definition) is 4. The molecular weight excluding hydrogens is 354 g/mol. The molecule has 1 aliphatic rings. The lowest BCUT2D eigenvalue weighted by atomic mass is 9.90. The summed E-state index contributed by atoms with van der Waals surface area (Å²) >= 11 is 0. The van der Waals surface area contributed by atoms with Gasteiger partial charge in [0.15, 0.2) is 0 Å². The predicted molar refractivity (Wildman–Crippen MR) is 109 cm³/mol. The number of benzene rings is 2. The maximum Gasteiger partial charge on any atom is 0.221 e. The van der Waals surface area contributed by atoms with Crippen molar-refractivity contribution in [2.24, 2.45) is 0 Å². The van der Waals surface area contributed by atoms with Gasteiger partial charge in [0.25, 0.3) is 0 Å². The molecule has 28 heavy (non-hydrogen) atoms. The zero-order valence-electron chi connectivity index (χ0n) is 16.2. The van der Waals surface area contributed by atoms with Crippen molar-refractivity contribution in [2.75, 3.05) is 14.2 Å². The fraction of sp³-hybridized carbons (Fsp3) is 0.318. The van der Waals surface area contributed by atoms with Gasteiger partial charge in [0.1, 0.15) is 11.5 Å². The number of rotatable bonds is 7. The molecule has 0 spiro atoms. The van der Waals surface area contributed by atoms with Crippen molar-refractivity contribution in [3.8, 4) is 11.5 Å². The zero-order chi connectivity index (χ0) is 19.5. The number of carbonyl (C=O) groups excluding carboxylic acids is 1. The predicted octanol–water partition coefficient (Wildman–Crippen LogP) is 3.33. The van der Waals surface area contributed by atoms with Crippen LogP contribution in [0.25, 0.3) is 10.9 Å². The standard InChI is InChI=1S/C22H25N3O3/c1-27-16-11-19-22(20(12-16)28-2)21-17(24-23-14-26)9-6-10-18(21)25(19)13-15-7-4-3-5-8-15/h3-5,7-8,11-12,14,17,24H,6,9-10,13H2,1-2H3,(H,23,26). The monoisotopic (exact) mass is 379 g/mol. The molecule has 146 valence electrons. The summed E-state index contributed by atoms with van der Waals surface area (Å²) in [5.41, 5.74) is 10.6. The van der Waals surface area contributed by atoms with Crippen molar-refractivity contribution in [3.63, 3.8) is 0 Å². The summed E-state index contributed by atoms with van der Waals surface area (Å²) in [7, 11) is 3.35. The highest BCUT2D eigenvalue weighted by Gasteiger charge is 2.29. The minimum absolute atomic E-state index is 0.0377. The van der Waals surface area contributed by atoms with Crippen LogP contribution in [0.4, 0.5) is 0 Å². The molecule has 0 fully saturated rings. The first-order valence-electron chi connectivity index (χ1n) is 9.52. The molecular formula is C22H25N3O3. The normalized spacial score (nSPS) is 15.9. The minimum Gasteiger partial charge on any atom is -0.497 e. The van der Waals surface area contributed by atoms with E-state index in [4.69, 9.17) is 9.47 Å². The lowest BCUT2D eigenvalue weighted by Crippen LogP contribution is -2.36. The molecule has 0 saturated heterocycles. The molecule has 6 heteroatoms. The molecule has 0 saturated carbocycles. The van der Waals surface area contributed by atoms with Crippen LogP contribution in [0.5, 0.6) is 11.5 Å². The van der Waals surface area contributed by atoms with E-state index in [2.05, 4.69) is 45.8 Å². The summed E-state index contributed by atoms with van der Waals surface area (Å²) < 4.78 is 13.6. The first kappa shape index (κ1) is 18.4. The van der Waals surface area contributed by atoms with Gasteiger partial charge >= 0.3 is 0 Å². The van der Waals surface area contributed by atoms with E-state index in [1.807, 2.05) is 12.1 Å². The molecule has 2 aromatic carbocycles. The zero-order valence-corrected chi connectivity index (χ0v) is 16.2. The van der Waals surface area contributed by atoms with Gasteiger partial charge in [0.05, 0.1) is 25.8 Å². The second-order valence-electron chi connectivity index (χ2n) is 7.01. The molecule has 1 unspecified atom stereocenters. The fourth-order valence-electron chi connectivity index (χ4n) is 4.26.